The lowest BCUT2D eigenvalue weighted by Gasteiger charge is -2.23. The standard InChI is InChI=1S/C14H23N5O/c1-2-19-4-3-10(8-19)6-16-14(20)12-5-11-13(7-15-12)18-9-17-11/h9-10,12,15H,2-8H2,1H3,(H,16,20)(H,17,18). The summed E-state index contributed by atoms with van der Waals surface area (Å²) in [5.74, 6) is 0.706. The third-order valence-electron chi connectivity index (χ3n) is 4.43. The molecule has 1 aromatic heterocycles. The van der Waals surface area contributed by atoms with E-state index in [0.717, 1.165) is 37.6 Å². The first-order valence-electron chi connectivity index (χ1n) is 7.50. The van der Waals surface area contributed by atoms with Crippen LogP contribution in [0.3, 0.4) is 0 Å². The first-order valence-corrected chi connectivity index (χ1v) is 7.50. The lowest BCUT2D eigenvalue weighted by molar-refractivity contribution is -0.123. The fraction of sp³-hybridized carbons (Fsp3) is 0.714. The van der Waals surface area contributed by atoms with Crippen LogP contribution < -0.4 is 10.6 Å². The Hall–Kier alpha value is -1.40. The molecule has 1 fully saturated rings. The highest BCUT2D eigenvalue weighted by atomic mass is 16.2. The van der Waals surface area contributed by atoms with Gasteiger partial charge in [-0.15, -0.1) is 0 Å². The van der Waals surface area contributed by atoms with Gasteiger partial charge in [-0.05, 0) is 25.4 Å². The topological polar surface area (TPSA) is 73.0 Å². The highest BCUT2D eigenvalue weighted by Crippen LogP contribution is 2.15. The quantitative estimate of drug-likeness (QED) is 0.717. The maximum absolute atomic E-state index is 12.2. The molecule has 20 heavy (non-hydrogen) atoms. The highest BCUT2D eigenvalue weighted by Gasteiger charge is 2.27. The van der Waals surface area contributed by atoms with Crippen LogP contribution in [0.4, 0.5) is 0 Å². The molecular formula is C14H23N5O. The van der Waals surface area contributed by atoms with Crippen molar-refractivity contribution in [3.63, 3.8) is 0 Å². The predicted molar refractivity (Wildman–Crippen MR) is 76.2 cm³/mol. The largest absolute Gasteiger partial charge is 0.354 e. The fourth-order valence-electron chi connectivity index (χ4n) is 3.09. The van der Waals surface area contributed by atoms with E-state index < -0.39 is 0 Å². The third kappa shape index (κ3) is 2.86. The molecule has 0 spiro atoms. The molecular weight excluding hydrogens is 254 g/mol. The summed E-state index contributed by atoms with van der Waals surface area (Å²) in [6.07, 6.45) is 3.57. The van der Waals surface area contributed by atoms with E-state index in [0.29, 0.717) is 18.9 Å². The molecule has 1 aromatic rings. The van der Waals surface area contributed by atoms with Crippen molar-refractivity contribution in [1.82, 2.24) is 25.5 Å². The molecule has 1 saturated heterocycles. The number of amides is 1. The van der Waals surface area contributed by atoms with Crippen LogP contribution in [0.5, 0.6) is 0 Å². The van der Waals surface area contributed by atoms with Gasteiger partial charge in [-0.25, -0.2) is 4.98 Å². The SMILES string of the molecule is CCN1CCC(CNC(=O)C2Cc3nc[nH]c3CN2)C1. The van der Waals surface area contributed by atoms with Gasteiger partial charge >= 0.3 is 0 Å². The summed E-state index contributed by atoms with van der Waals surface area (Å²) in [6, 6.07) is -0.144. The summed E-state index contributed by atoms with van der Waals surface area (Å²) in [7, 11) is 0. The zero-order chi connectivity index (χ0) is 13.9. The van der Waals surface area contributed by atoms with Crippen LogP contribution >= 0.6 is 0 Å². The Morgan fingerprint density at radius 1 is 1.60 bits per heavy atom. The van der Waals surface area contributed by atoms with E-state index in [2.05, 4.69) is 32.4 Å². The van der Waals surface area contributed by atoms with Gasteiger partial charge in [0.15, 0.2) is 0 Å². The normalized spacial score (nSPS) is 26.4. The van der Waals surface area contributed by atoms with Crippen molar-refractivity contribution in [3.8, 4) is 0 Å². The summed E-state index contributed by atoms with van der Waals surface area (Å²) in [5.41, 5.74) is 2.12. The van der Waals surface area contributed by atoms with Gasteiger partial charge in [-0.3, -0.25) is 10.1 Å². The zero-order valence-electron chi connectivity index (χ0n) is 12.0. The van der Waals surface area contributed by atoms with Crippen LogP contribution in [-0.2, 0) is 17.8 Å². The number of carbonyl (C=O) groups excluding carboxylic acids is 1. The summed E-state index contributed by atoms with van der Waals surface area (Å²) in [5, 5.41) is 6.36. The summed E-state index contributed by atoms with van der Waals surface area (Å²) in [4.78, 5) is 22.0. The zero-order valence-corrected chi connectivity index (χ0v) is 12.0. The number of imidazole rings is 1. The van der Waals surface area contributed by atoms with Crippen LogP contribution in [0, 0.1) is 5.92 Å². The lowest BCUT2D eigenvalue weighted by Crippen LogP contribution is -2.48. The minimum absolute atomic E-state index is 0.105. The van der Waals surface area contributed by atoms with Gasteiger partial charge < -0.3 is 15.2 Å². The molecule has 0 saturated carbocycles. The predicted octanol–water partition coefficient (Wildman–Crippen LogP) is -0.118. The molecule has 2 atom stereocenters. The van der Waals surface area contributed by atoms with Crippen molar-refractivity contribution in [2.75, 3.05) is 26.2 Å². The molecule has 6 nitrogen and oxygen atoms in total. The van der Waals surface area contributed by atoms with Crippen molar-refractivity contribution in [2.45, 2.75) is 32.4 Å². The smallest absolute Gasteiger partial charge is 0.237 e. The van der Waals surface area contributed by atoms with Gasteiger partial charge in [-0.2, -0.15) is 0 Å². The molecule has 2 aliphatic heterocycles. The minimum atomic E-state index is -0.144. The molecule has 110 valence electrons. The monoisotopic (exact) mass is 277 g/mol. The molecule has 3 N–H and O–H groups in total. The van der Waals surface area contributed by atoms with Gasteiger partial charge in [0.25, 0.3) is 0 Å². The first kappa shape index (κ1) is 13.6. The number of aromatic nitrogens is 2. The van der Waals surface area contributed by atoms with E-state index in [1.54, 1.807) is 6.33 Å². The number of likely N-dealkylation sites (tertiary alicyclic amines) is 1. The molecule has 0 aliphatic carbocycles. The fourth-order valence-corrected chi connectivity index (χ4v) is 3.09. The summed E-state index contributed by atoms with van der Waals surface area (Å²) >= 11 is 0. The van der Waals surface area contributed by atoms with Crippen LogP contribution in [0.15, 0.2) is 6.33 Å². The second-order valence-electron chi connectivity index (χ2n) is 5.76. The molecule has 2 unspecified atom stereocenters. The average Bonchev–Trinajstić information content (AvgIpc) is 3.12. The first-order chi connectivity index (χ1) is 9.76. The Morgan fingerprint density at radius 2 is 2.50 bits per heavy atom. The average molecular weight is 277 g/mol. The number of nitrogens with zero attached hydrogens (tertiary/aromatic N) is 2. The highest BCUT2D eigenvalue weighted by molar-refractivity contribution is 5.82. The number of H-pyrrole nitrogens is 1. The van der Waals surface area contributed by atoms with Crippen molar-refractivity contribution >= 4 is 5.91 Å². The Bertz CT molecular complexity index is 472. The molecule has 3 rings (SSSR count). The van der Waals surface area contributed by atoms with Crippen LogP contribution in [0.2, 0.25) is 0 Å². The van der Waals surface area contributed by atoms with Crippen LogP contribution in [0.1, 0.15) is 24.7 Å². The summed E-state index contributed by atoms with van der Waals surface area (Å²) < 4.78 is 0. The maximum atomic E-state index is 12.2. The van der Waals surface area contributed by atoms with E-state index >= 15 is 0 Å². The molecule has 0 radical (unpaired) electrons. The molecule has 0 aromatic carbocycles. The molecule has 0 bridgehead atoms. The van der Waals surface area contributed by atoms with Gasteiger partial charge in [0.2, 0.25) is 5.91 Å². The number of aromatic amines is 1. The number of carbonyl (C=O) groups is 1. The minimum Gasteiger partial charge on any atom is -0.354 e. The maximum Gasteiger partial charge on any atom is 0.237 e. The molecule has 3 heterocycles. The number of hydrogen-bond acceptors (Lipinski definition) is 4. The van der Waals surface area contributed by atoms with Crippen molar-refractivity contribution < 1.29 is 4.79 Å². The van der Waals surface area contributed by atoms with Crippen LogP contribution in [0.25, 0.3) is 0 Å². The van der Waals surface area contributed by atoms with Gasteiger partial charge in [0.05, 0.1) is 23.8 Å². The Kier molecular flexibility index (Phi) is 4.03. The van der Waals surface area contributed by atoms with Crippen molar-refractivity contribution in [1.29, 1.82) is 0 Å². The number of rotatable bonds is 4. The number of hydrogen-bond donors (Lipinski definition) is 3. The second kappa shape index (κ2) is 5.93. The number of nitrogens with one attached hydrogen (secondary N) is 3. The van der Waals surface area contributed by atoms with E-state index in [9.17, 15) is 4.79 Å². The van der Waals surface area contributed by atoms with Gasteiger partial charge in [-0.1, -0.05) is 6.92 Å². The van der Waals surface area contributed by atoms with Crippen molar-refractivity contribution in [3.05, 3.63) is 17.7 Å². The molecule has 6 heteroatoms. The van der Waals surface area contributed by atoms with Crippen molar-refractivity contribution in [2.24, 2.45) is 5.92 Å². The Labute approximate surface area is 119 Å². The van der Waals surface area contributed by atoms with Gasteiger partial charge in [0.1, 0.15) is 0 Å². The Morgan fingerprint density at radius 3 is 3.30 bits per heavy atom. The van der Waals surface area contributed by atoms with E-state index in [1.165, 1.54) is 6.42 Å². The lowest BCUT2D eigenvalue weighted by atomic mass is 10.0. The summed E-state index contributed by atoms with van der Waals surface area (Å²) in [6.45, 7) is 7.06. The van der Waals surface area contributed by atoms with E-state index in [1.807, 2.05) is 0 Å². The number of fused-ring (bicyclic) bond motifs is 1. The molecule has 2 aliphatic rings. The third-order valence-corrected chi connectivity index (χ3v) is 4.43. The van der Waals surface area contributed by atoms with E-state index in [4.69, 9.17) is 0 Å². The molecule has 1 amide bonds. The Balaban J connectivity index is 1.46. The van der Waals surface area contributed by atoms with Gasteiger partial charge in [0, 0.05) is 26.1 Å². The second-order valence-corrected chi connectivity index (χ2v) is 5.76. The van der Waals surface area contributed by atoms with E-state index in [-0.39, 0.29) is 11.9 Å². The van der Waals surface area contributed by atoms with Crippen LogP contribution in [-0.4, -0.2) is 53.0 Å².